The summed E-state index contributed by atoms with van der Waals surface area (Å²) < 4.78 is 2.04. The van der Waals surface area contributed by atoms with Crippen molar-refractivity contribution in [3.05, 3.63) is 24.0 Å². The van der Waals surface area contributed by atoms with Crippen molar-refractivity contribution in [3.8, 4) is 0 Å². The number of urea groups is 1. The van der Waals surface area contributed by atoms with E-state index < -0.39 is 0 Å². The Kier molecular flexibility index (Phi) is 5.80. The summed E-state index contributed by atoms with van der Waals surface area (Å²) in [5, 5.41) is 2.96. The number of aromatic nitrogens is 1. The topological polar surface area (TPSA) is 57.6 Å². The van der Waals surface area contributed by atoms with Gasteiger partial charge in [-0.1, -0.05) is 0 Å². The minimum atomic E-state index is -0.327. The van der Waals surface area contributed by atoms with Crippen LogP contribution in [0.5, 0.6) is 0 Å². The third kappa shape index (κ3) is 5.51. The predicted octanol–water partition coefficient (Wildman–Crippen LogP) is 2.73. The summed E-state index contributed by atoms with van der Waals surface area (Å²) in [6.45, 7) is 10.4. The fourth-order valence-electron chi connectivity index (χ4n) is 2.76. The molecule has 0 unspecified atom stereocenters. The first-order valence-electron chi connectivity index (χ1n) is 9.07. The molecule has 0 aliphatic heterocycles. The molecule has 1 aromatic heterocycles. The molecule has 140 valence electrons. The molecule has 1 aliphatic rings. The van der Waals surface area contributed by atoms with Gasteiger partial charge in [-0.15, -0.1) is 0 Å². The van der Waals surface area contributed by atoms with Crippen molar-refractivity contribution < 1.29 is 9.59 Å². The van der Waals surface area contributed by atoms with Crippen LogP contribution in [0, 0.1) is 0 Å². The highest BCUT2D eigenvalue weighted by Crippen LogP contribution is 2.28. The first-order chi connectivity index (χ1) is 11.6. The molecule has 0 radical (unpaired) electrons. The Bertz CT molecular complexity index is 611. The molecule has 1 heterocycles. The van der Waals surface area contributed by atoms with E-state index in [9.17, 15) is 9.59 Å². The van der Waals surface area contributed by atoms with Crippen molar-refractivity contribution in [1.82, 2.24) is 19.7 Å². The molecule has 0 bridgehead atoms. The van der Waals surface area contributed by atoms with Gasteiger partial charge in [0.05, 0.1) is 6.54 Å². The van der Waals surface area contributed by atoms with E-state index in [1.165, 1.54) is 0 Å². The third-order valence-corrected chi connectivity index (χ3v) is 4.36. The zero-order chi connectivity index (χ0) is 18.8. The molecule has 1 aromatic rings. The third-order valence-electron chi connectivity index (χ3n) is 4.36. The first kappa shape index (κ1) is 19.3. The number of nitrogens with zero attached hydrogens (tertiary/aromatic N) is 3. The van der Waals surface area contributed by atoms with Crippen LogP contribution in [0.2, 0.25) is 0 Å². The number of hydrogen-bond donors (Lipinski definition) is 1. The second-order valence-electron chi connectivity index (χ2n) is 8.27. The van der Waals surface area contributed by atoms with Crippen LogP contribution in [-0.4, -0.2) is 50.5 Å². The van der Waals surface area contributed by atoms with Crippen molar-refractivity contribution in [2.45, 2.75) is 71.6 Å². The minimum Gasteiger partial charge on any atom is -0.353 e. The fraction of sp³-hybridized carbons (Fsp3) is 0.684. The minimum absolute atomic E-state index is 0.0152. The van der Waals surface area contributed by atoms with E-state index in [4.69, 9.17) is 0 Å². The monoisotopic (exact) mass is 348 g/mol. The van der Waals surface area contributed by atoms with Crippen LogP contribution in [0.1, 0.15) is 53.2 Å². The highest BCUT2D eigenvalue weighted by atomic mass is 16.2. The lowest BCUT2D eigenvalue weighted by molar-refractivity contribution is -0.133. The summed E-state index contributed by atoms with van der Waals surface area (Å²) in [5.41, 5.74) is 0.780. The van der Waals surface area contributed by atoms with Gasteiger partial charge in [-0.05, 0) is 59.6 Å². The molecule has 0 spiro atoms. The van der Waals surface area contributed by atoms with Crippen LogP contribution in [0.4, 0.5) is 4.79 Å². The van der Waals surface area contributed by atoms with Crippen LogP contribution in [-0.2, 0) is 18.4 Å². The second kappa shape index (κ2) is 7.50. The van der Waals surface area contributed by atoms with E-state index in [1.807, 2.05) is 69.5 Å². The fourth-order valence-corrected chi connectivity index (χ4v) is 2.76. The van der Waals surface area contributed by atoms with Crippen molar-refractivity contribution in [2.24, 2.45) is 7.05 Å². The van der Waals surface area contributed by atoms with Crippen LogP contribution in [0.3, 0.4) is 0 Å². The van der Waals surface area contributed by atoms with Gasteiger partial charge < -0.3 is 19.7 Å². The molecule has 1 aliphatic carbocycles. The summed E-state index contributed by atoms with van der Waals surface area (Å²) in [6, 6.07) is 4.10. The van der Waals surface area contributed by atoms with E-state index in [2.05, 4.69) is 5.32 Å². The largest absolute Gasteiger partial charge is 0.353 e. The number of carbonyl (C=O) groups is 2. The maximum absolute atomic E-state index is 12.9. The number of rotatable bonds is 6. The summed E-state index contributed by atoms with van der Waals surface area (Å²) in [6.07, 6.45) is 4.08. The van der Waals surface area contributed by atoms with Gasteiger partial charge in [0.1, 0.15) is 6.54 Å². The Morgan fingerprint density at radius 2 is 1.96 bits per heavy atom. The number of carbonyl (C=O) groups excluding carboxylic acids is 2. The maximum Gasteiger partial charge on any atom is 0.318 e. The van der Waals surface area contributed by atoms with Gasteiger partial charge >= 0.3 is 6.03 Å². The van der Waals surface area contributed by atoms with Crippen molar-refractivity contribution >= 4 is 11.9 Å². The second-order valence-corrected chi connectivity index (χ2v) is 8.27. The normalized spacial score (nSPS) is 14.5. The lowest BCUT2D eigenvalue weighted by Crippen LogP contribution is -2.53. The van der Waals surface area contributed by atoms with E-state index in [-0.39, 0.29) is 30.1 Å². The van der Waals surface area contributed by atoms with Crippen molar-refractivity contribution in [1.29, 1.82) is 0 Å². The van der Waals surface area contributed by atoms with Gasteiger partial charge in [0.15, 0.2) is 0 Å². The standard InChI is InChI=1S/C19H32N4O2/c1-14(2)22(18(25)20-19(3,4)5)13-17(24)23(15-9-10-15)12-16-8-7-11-21(16)6/h7-8,11,14-15H,9-10,12-13H2,1-6H3,(H,20,25). The lowest BCUT2D eigenvalue weighted by Gasteiger charge is -2.33. The summed E-state index contributed by atoms with van der Waals surface area (Å²) in [5.74, 6) is 0.0152. The van der Waals surface area contributed by atoms with Gasteiger partial charge in [0.2, 0.25) is 5.91 Å². The lowest BCUT2D eigenvalue weighted by atomic mass is 10.1. The van der Waals surface area contributed by atoms with E-state index in [0.717, 1.165) is 18.5 Å². The van der Waals surface area contributed by atoms with Crippen LogP contribution < -0.4 is 5.32 Å². The quantitative estimate of drug-likeness (QED) is 0.859. The molecule has 2 rings (SSSR count). The molecular formula is C19H32N4O2. The Balaban J connectivity index is 2.07. The van der Waals surface area contributed by atoms with Gasteiger partial charge in [-0.3, -0.25) is 4.79 Å². The number of nitrogens with one attached hydrogen (secondary N) is 1. The smallest absolute Gasteiger partial charge is 0.318 e. The molecule has 6 nitrogen and oxygen atoms in total. The number of amides is 3. The number of hydrogen-bond acceptors (Lipinski definition) is 2. The van der Waals surface area contributed by atoms with E-state index >= 15 is 0 Å². The summed E-state index contributed by atoms with van der Waals surface area (Å²) in [4.78, 5) is 29.0. The molecule has 6 heteroatoms. The number of aryl methyl sites for hydroxylation is 1. The van der Waals surface area contributed by atoms with E-state index in [1.54, 1.807) is 4.90 Å². The average Bonchev–Trinajstić information content (AvgIpc) is 3.23. The van der Waals surface area contributed by atoms with Crippen molar-refractivity contribution in [2.75, 3.05) is 6.54 Å². The van der Waals surface area contributed by atoms with Gasteiger partial charge in [-0.25, -0.2) is 4.79 Å². The SMILES string of the molecule is CC(C)N(CC(=O)N(Cc1cccn1C)C1CC1)C(=O)NC(C)(C)C. The molecule has 25 heavy (non-hydrogen) atoms. The Labute approximate surface area is 151 Å². The Morgan fingerprint density at radius 1 is 1.32 bits per heavy atom. The molecular weight excluding hydrogens is 316 g/mol. The summed E-state index contributed by atoms with van der Waals surface area (Å²) in [7, 11) is 1.99. The average molecular weight is 348 g/mol. The van der Waals surface area contributed by atoms with Gasteiger partial charge in [0, 0.05) is 36.6 Å². The Hall–Kier alpha value is -1.98. The molecule has 0 atom stereocenters. The van der Waals surface area contributed by atoms with Gasteiger partial charge in [0.25, 0.3) is 0 Å². The molecule has 0 saturated heterocycles. The van der Waals surface area contributed by atoms with Crippen LogP contribution in [0.15, 0.2) is 18.3 Å². The zero-order valence-electron chi connectivity index (χ0n) is 16.4. The van der Waals surface area contributed by atoms with Crippen molar-refractivity contribution in [3.63, 3.8) is 0 Å². The summed E-state index contributed by atoms with van der Waals surface area (Å²) >= 11 is 0. The van der Waals surface area contributed by atoms with Crippen LogP contribution in [0.25, 0.3) is 0 Å². The Morgan fingerprint density at radius 3 is 2.40 bits per heavy atom. The maximum atomic E-state index is 12.9. The molecule has 1 saturated carbocycles. The molecule has 1 N–H and O–H groups in total. The molecule has 3 amide bonds. The highest BCUT2D eigenvalue weighted by Gasteiger charge is 2.34. The molecule has 0 aromatic carbocycles. The predicted molar refractivity (Wildman–Crippen MR) is 99.1 cm³/mol. The molecule has 1 fully saturated rings. The van der Waals surface area contributed by atoms with E-state index in [0.29, 0.717) is 12.6 Å². The first-order valence-corrected chi connectivity index (χ1v) is 9.07. The highest BCUT2D eigenvalue weighted by molar-refractivity contribution is 5.85. The van der Waals surface area contributed by atoms with Gasteiger partial charge in [-0.2, -0.15) is 0 Å². The van der Waals surface area contributed by atoms with Crippen LogP contribution >= 0.6 is 0 Å². The zero-order valence-corrected chi connectivity index (χ0v) is 16.4.